The summed E-state index contributed by atoms with van der Waals surface area (Å²) < 4.78 is 98.8. The average molecular weight is 891 g/mol. The van der Waals surface area contributed by atoms with E-state index in [1.165, 1.54) is 0 Å². The summed E-state index contributed by atoms with van der Waals surface area (Å²) in [6.45, 7) is 3.88. The number of phosphoric ester groups is 6. The number of hydrogen-bond acceptors (Lipinski definition) is 16. The molecule has 0 bridgehead atoms. The fourth-order valence-corrected chi connectivity index (χ4v) is 7.38. The lowest BCUT2D eigenvalue weighted by Gasteiger charge is -2.48. The van der Waals surface area contributed by atoms with Crippen LogP contribution < -0.4 is 5.11 Å². The minimum atomic E-state index is -6.02. The third-order valence-corrected chi connectivity index (χ3v) is 8.51. The number of quaternary nitrogens is 1. The molecule has 1 aliphatic rings. The van der Waals surface area contributed by atoms with Crippen LogP contribution in [0.5, 0.6) is 0 Å². The van der Waals surface area contributed by atoms with Crippen LogP contribution >= 0.6 is 46.9 Å². The van der Waals surface area contributed by atoms with E-state index in [0.29, 0.717) is 11.0 Å². The molecule has 35 heteroatoms. The van der Waals surface area contributed by atoms with Crippen molar-refractivity contribution in [3.8, 4) is 0 Å². The Morgan fingerprint density at radius 2 is 0.750 bits per heavy atom. The predicted octanol–water partition coefficient (Wildman–Crippen LogP) is -3.73. The van der Waals surface area contributed by atoms with E-state index in [1.807, 2.05) is 21.1 Å². The highest BCUT2D eigenvalue weighted by Crippen LogP contribution is 2.57. The normalized spacial score (nSPS) is 24.5. The van der Waals surface area contributed by atoms with Crippen LogP contribution in [0.4, 0.5) is 0 Å². The Balaban J connectivity index is 0.00000136. The van der Waals surface area contributed by atoms with Crippen molar-refractivity contribution in [1.82, 2.24) is 0 Å². The number of ether oxygens (including phenoxy) is 1. The SMILES string of the molecule is CC(C)C(=O)OC(CC(=O)[O-])C[N+](C)(C)C.O=P(O)(O)O[C@H]1[C@H](OP(=O)(O)O)[C@@H](OP(=O)(O)O)[C@H](OP(=O)(O)O)[C@@H](OP(=O)(O)O)[C@H]1OP(=O)(O)O. The van der Waals surface area contributed by atoms with Gasteiger partial charge in [0.25, 0.3) is 0 Å². The number of carbonyl (C=O) groups excluding carboxylic acids is 2. The van der Waals surface area contributed by atoms with Gasteiger partial charge in [-0.3, -0.25) is 31.9 Å². The van der Waals surface area contributed by atoms with Crippen molar-refractivity contribution in [3.05, 3.63) is 0 Å². The van der Waals surface area contributed by atoms with Gasteiger partial charge in [0.05, 0.1) is 27.1 Å². The van der Waals surface area contributed by atoms with Gasteiger partial charge in [0, 0.05) is 12.4 Å². The molecule has 1 saturated carbocycles. The minimum Gasteiger partial charge on any atom is -0.550 e. The Labute approximate surface area is 292 Å². The van der Waals surface area contributed by atoms with E-state index in [2.05, 4.69) is 27.1 Å². The molecular weight excluding hydrogens is 852 g/mol. The van der Waals surface area contributed by atoms with Crippen LogP contribution in [-0.4, -0.2) is 146 Å². The van der Waals surface area contributed by atoms with Gasteiger partial charge in [0.1, 0.15) is 43.2 Å². The quantitative estimate of drug-likeness (QED) is 0.0357. The molecule has 0 saturated heterocycles. The number of hydrogen-bond donors (Lipinski definition) is 12. The van der Waals surface area contributed by atoms with Gasteiger partial charge in [0.15, 0.2) is 6.10 Å². The highest BCUT2D eigenvalue weighted by atomic mass is 31.2. The number of likely N-dealkylation sites (N-methyl/N-ethyl adjacent to an activating group) is 1. The molecule has 1 aliphatic carbocycles. The van der Waals surface area contributed by atoms with Gasteiger partial charge in [-0.05, 0) is 0 Å². The Morgan fingerprint density at radius 1 is 0.538 bits per heavy atom. The first-order chi connectivity index (χ1) is 22.7. The summed E-state index contributed by atoms with van der Waals surface area (Å²) >= 11 is 0. The molecule has 0 aromatic heterocycles. The number of phosphoric acid groups is 6. The van der Waals surface area contributed by atoms with Gasteiger partial charge in [-0.15, -0.1) is 0 Å². The van der Waals surface area contributed by atoms with Crippen molar-refractivity contribution in [2.24, 2.45) is 5.92 Å². The fraction of sp³-hybridized carbons (Fsp3) is 0.882. The smallest absolute Gasteiger partial charge is 0.470 e. The van der Waals surface area contributed by atoms with E-state index in [4.69, 9.17) is 63.5 Å². The maximum Gasteiger partial charge on any atom is 0.470 e. The van der Waals surface area contributed by atoms with E-state index in [9.17, 15) is 42.1 Å². The molecular formula is C17H39NO28P6. The van der Waals surface area contributed by atoms with Crippen LogP contribution in [0.1, 0.15) is 20.3 Å². The van der Waals surface area contributed by atoms with E-state index in [0.717, 1.165) is 0 Å². The minimum absolute atomic E-state index is 0.253. The summed E-state index contributed by atoms with van der Waals surface area (Å²) in [5.41, 5.74) is 0. The molecule has 0 radical (unpaired) electrons. The number of carboxylic acid groups (broad SMARTS) is 1. The van der Waals surface area contributed by atoms with Crippen molar-refractivity contribution in [3.63, 3.8) is 0 Å². The summed E-state index contributed by atoms with van der Waals surface area (Å²) in [7, 11) is -30.4. The molecule has 0 aromatic rings. The van der Waals surface area contributed by atoms with E-state index >= 15 is 0 Å². The van der Waals surface area contributed by atoms with Crippen LogP contribution in [0, 0.1) is 5.92 Å². The van der Waals surface area contributed by atoms with Crippen molar-refractivity contribution < 1.29 is 137 Å². The number of rotatable bonds is 18. The molecule has 0 spiro atoms. The van der Waals surface area contributed by atoms with Crippen molar-refractivity contribution in [2.45, 2.75) is 63.0 Å². The number of aliphatic carboxylic acids is 1. The van der Waals surface area contributed by atoms with Crippen molar-refractivity contribution in [1.29, 1.82) is 0 Å². The molecule has 1 atom stereocenters. The van der Waals surface area contributed by atoms with Gasteiger partial charge in [-0.1, -0.05) is 13.8 Å². The van der Waals surface area contributed by atoms with Gasteiger partial charge in [-0.2, -0.15) is 0 Å². The Hall–Kier alpha value is -0.440. The zero-order valence-corrected chi connectivity index (χ0v) is 32.4. The lowest BCUT2D eigenvalue weighted by atomic mass is 9.85. The lowest BCUT2D eigenvalue weighted by molar-refractivity contribution is -0.873. The lowest BCUT2D eigenvalue weighted by Crippen LogP contribution is -2.66. The van der Waals surface area contributed by atoms with E-state index in [-0.39, 0.29) is 18.3 Å². The fourth-order valence-electron chi connectivity index (χ4n) is 4.03. The summed E-state index contributed by atoms with van der Waals surface area (Å²) in [5.74, 6) is -1.83. The third-order valence-electron chi connectivity index (χ3n) is 5.40. The molecule has 1 fully saturated rings. The number of carboxylic acids is 1. The van der Waals surface area contributed by atoms with E-state index in [1.54, 1.807) is 13.8 Å². The number of esters is 1. The zero-order chi connectivity index (χ0) is 41.6. The molecule has 1 rings (SSSR count). The predicted molar refractivity (Wildman–Crippen MR) is 159 cm³/mol. The van der Waals surface area contributed by atoms with Crippen LogP contribution in [0.3, 0.4) is 0 Å². The monoisotopic (exact) mass is 891 g/mol. The average Bonchev–Trinajstić information content (AvgIpc) is 2.80. The summed E-state index contributed by atoms with van der Waals surface area (Å²) in [4.78, 5) is 132. The van der Waals surface area contributed by atoms with Crippen LogP contribution in [0.2, 0.25) is 0 Å². The van der Waals surface area contributed by atoms with Crippen molar-refractivity contribution >= 4 is 58.9 Å². The van der Waals surface area contributed by atoms with Crippen LogP contribution in [-0.2, 0) is 68.9 Å². The van der Waals surface area contributed by atoms with Gasteiger partial charge in [0.2, 0.25) is 0 Å². The maximum atomic E-state index is 11.4. The Kier molecular flexibility index (Phi) is 19.0. The van der Waals surface area contributed by atoms with Crippen LogP contribution in [0.15, 0.2) is 0 Å². The molecule has 310 valence electrons. The first-order valence-electron chi connectivity index (χ1n) is 13.3. The molecule has 29 nitrogen and oxygen atoms in total. The summed E-state index contributed by atoms with van der Waals surface area (Å²) in [6, 6.07) is 0. The summed E-state index contributed by atoms with van der Waals surface area (Å²) in [6.07, 6.45) is -19.7. The number of carbonyl (C=O) groups is 2. The standard InChI is InChI=1S/C11H21NO4.C6H18O24P6/c1-8(2)11(15)16-9(6-10(13)14)7-12(3,4)5;7-31(8,9)25-1-2(26-32(10,11)12)4(28-34(16,17)18)6(30-36(22,23)24)5(29-35(19,20)21)3(1)27-33(13,14)15/h8-9H,6-7H2,1-5H3;1-6H,(H2,7,8,9)(H2,10,11,12)(H2,13,14,15)(H2,16,17,18)(H2,19,20,21)(H2,22,23,24)/t;1-,2-,3-,4+,5-,6-. The Morgan fingerprint density at radius 3 is 0.885 bits per heavy atom. The largest absolute Gasteiger partial charge is 0.550 e. The highest BCUT2D eigenvalue weighted by Gasteiger charge is 2.62. The van der Waals surface area contributed by atoms with Gasteiger partial charge in [-0.25, -0.2) is 27.4 Å². The first-order valence-corrected chi connectivity index (χ1v) is 22.5. The van der Waals surface area contributed by atoms with E-state index < -0.39 is 95.6 Å². The zero-order valence-electron chi connectivity index (χ0n) is 27.1. The topological polar surface area (TPSA) is 467 Å². The second-order valence-electron chi connectivity index (χ2n) is 11.6. The first kappa shape index (κ1) is 51.6. The maximum absolute atomic E-state index is 11.4. The highest BCUT2D eigenvalue weighted by molar-refractivity contribution is 7.47. The van der Waals surface area contributed by atoms with Crippen LogP contribution in [0.25, 0.3) is 0 Å². The van der Waals surface area contributed by atoms with Crippen molar-refractivity contribution in [2.75, 3.05) is 27.7 Å². The van der Waals surface area contributed by atoms with Gasteiger partial charge >= 0.3 is 52.9 Å². The molecule has 0 heterocycles. The molecule has 12 N–H and O–H groups in total. The molecule has 52 heavy (non-hydrogen) atoms. The molecule has 0 amide bonds. The van der Waals surface area contributed by atoms with Gasteiger partial charge < -0.3 is 77.8 Å². The second-order valence-corrected chi connectivity index (χ2v) is 18.8. The second kappa shape index (κ2) is 19.1. The third kappa shape index (κ3) is 23.5. The molecule has 0 aliphatic heterocycles. The summed E-state index contributed by atoms with van der Waals surface area (Å²) in [5, 5.41) is 10.5. The Bertz CT molecular complexity index is 1260. The molecule has 0 aromatic carbocycles. The molecule has 1 unspecified atom stereocenters. The number of nitrogens with zero attached hydrogens (tertiary/aromatic N) is 1.